The van der Waals surface area contributed by atoms with Gasteiger partial charge in [0.2, 0.25) is 5.91 Å². The highest BCUT2D eigenvalue weighted by Gasteiger charge is 2.27. The van der Waals surface area contributed by atoms with E-state index in [0.29, 0.717) is 17.9 Å². The fourth-order valence-electron chi connectivity index (χ4n) is 5.08. The lowest BCUT2D eigenvalue weighted by Crippen LogP contribution is -2.46. The number of amidine groups is 1. The third kappa shape index (κ3) is 12.5. The second-order valence-corrected chi connectivity index (χ2v) is 14.5. The summed E-state index contributed by atoms with van der Waals surface area (Å²) in [7, 11) is 1.74. The first kappa shape index (κ1) is 36.0. The summed E-state index contributed by atoms with van der Waals surface area (Å²) in [5.74, 6) is 2.41. The minimum atomic E-state index is 0.0560. The predicted molar refractivity (Wildman–Crippen MR) is 184 cm³/mol. The highest BCUT2D eigenvalue weighted by molar-refractivity contribution is 5.88. The molecule has 1 amide bonds. The van der Waals surface area contributed by atoms with E-state index in [4.69, 9.17) is 9.73 Å². The molecule has 0 spiro atoms. The molecule has 0 atom stereocenters. The number of allylic oxidation sites excluding steroid dienone is 8. The van der Waals surface area contributed by atoms with E-state index in [2.05, 4.69) is 91.3 Å². The van der Waals surface area contributed by atoms with E-state index in [-0.39, 0.29) is 11.3 Å². The summed E-state index contributed by atoms with van der Waals surface area (Å²) in [5.41, 5.74) is 6.03. The van der Waals surface area contributed by atoms with Gasteiger partial charge in [-0.05, 0) is 75.2 Å². The molecule has 3 rings (SSSR count). The Kier molecular flexibility index (Phi) is 13.5. The average molecular weight is 591 g/mol. The van der Waals surface area contributed by atoms with E-state index in [1.807, 2.05) is 29.7 Å². The fourth-order valence-corrected chi connectivity index (χ4v) is 5.08. The summed E-state index contributed by atoms with van der Waals surface area (Å²) in [5, 5.41) is 0. The zero-order valence-electron chi connectivity index (χ0n) is 29.0. The summed E-state index contributed by atoms with van der Waals surface area (Å²) in [6, 6.07) is 0. The van der Waals surface area contributed by atoms with E-state index in [1.54, 1.807) is 13.2 Å². The third-order valence-corrected chi connectivity index (χ3v) is 7.68. The van der Waals surface area contributed by atoms with Gasteiger partial charge in [0, 0.05) is 49.0 Å². The number of hydrogen-bond acceptors (Lipinski definition) is 5. The van der Waals surface area contributed by atoms with Crippen LogP contribution in [0.3, 0.4) is 0 Å². The quantitative estimate of drug-likeness (QED) is 0.220. The Hall–Kier alpha value is -3.15. The summed E-state index contributed by atoms with van der Waals surface area (Å²) >= 11 is 0. The van der Waals surface area contributed by atoms with Crippen LogP contribution in [-0.4, -0.2) is 60.5 Å². The SMILES string of the molecule is C=C/C=C(N=C(C)C1CCN(C(=O)CN2CC=C(C)N=C2C)CC1)/C1=C/C=C(/OC)CC/C(C(C)(C)C)=C\1.CC(C)(C)C. The van der Waals surface area contributed by atoms with Crippen molar-refractivity contribution in [2.24, 2.45) is 26.7 Å². The van der Waals surface area contributed by atoms with Gasteiger partial charge in [-0.15, -0.1) is 0 Å². The number of amides is 1. The first-order valence-electron chi connectivity index (χ1n) is 15.8. The minimum Gasteiger partial charge on any atom is -0.501 e. The normalized spacial score (nSPS) is 23.1. The molecule has 6 nitrogen and oxygen atoms in total. The van der Waals surface area contributed by atoms with Crippen LogP contribution in [0.2, 0.25) is 0 Å². The molecule has 6 heteroatoms. The molecule has 0 N–H and O–H groups in total. The standard InChI is InChI=1S/C32H46N4O2.C5H12/c1-9-10-30(27-11-13-29(38-8)14-12-28(21-27)32(5,6)7)34-24(3)26-16-19-35(20-17-26)31(37)22-36-18-15-23(2)33-25(36)4;1-5(2,3)4/h9-11,13,15,21,26H,1,12,14,16-20,22H2,2-8H3;1-4H3/b27-11+,28-21+,29-13+,30-10-,34-24?;. The number of rotatable bonds is 7. The van der Waals surface area contributed by atoms with Gasteiger partial charge in [-0.1, -0.05) is 72.8 Å². The molecule has 238 valence electrons. The van der Waals surface area contributed by atoms with Crippen molar-refractivity contribution in [1.29, 1.82) is 0 Å². The van der Waals surface area contributed by atoms with Gasteiger partial charge in [0.15, 0.2) is 0 Å². The second-order valence-electron chi connectivity index (χ2n) is 14.5. The summed E-state index contributed by atoms with van der Waals surface area (Å²) in [6.07, 6.45) is 16.0. The fraction of sp³-hybridized carbons (Fsp3) is 0.595. The van der Waals surface area contributed by atoms with Gasteiger partial charge in [0.05, 0.1) is 25.1 Å². The molecular weight excluding hydrogens is 532 g/mol. The molecule has 3 aliphatic rings. The van der Waals surface area contributed by atoms with Gasteiger partial charge in [0.1, 0.15) is 5.84 Å². The van der Waals surface area contributed by atoms with Crippen LogP contribution in [0.15, 0.2) is 81.3 Å². The summed E-state index contributed by atoms with van der Waals surface area (Å²) in [4.78, 5) is 26.7. The maximum Gasteiger partial charge on any atom is 0.242 e. The highest BCUT2D eigenvalue weighted by Crippen LogP contribution is 2.34. The van der Waals surface area contributed by atoms with Gasteiger partial charge >= 0.3 is 0 Å². The lowest BCUT2D eigenvalue weighted by Gasteiger charge is -2.34. The predicted octanol–water partition coefficient (Wildman–Crippen LogP) is 8.67. The molecule has 1 saturated heterocycles. The number of aliphatic imine (C=N–C) groups is 2. The number of likely N-dealkylation sites (tertiary alicyclic amines) is 1. The molecule has 0 saturated carbocycles. The summed E-state index contributed by atoms with van der Waals surface area (Å²) in [6.45, 7) is 28.2. The van der Waals surface area contributed by atoms with Gasteiger partial charge < -0.3 is 14.5 Å². The molecule has 0 unspecified atom stereocenters. The maximum absolute atomic E-state index is 13.0. The van der Waals surface area contributed by atoms with Crippen molar-refractivity contribution in [1.82, 2.24) is 9.80 Å². The van der Waals surface area contributed by atoms with Crippen molar-refractivity contribution < 1.29 is 9.53 Å². The number of nitrogens with zero attached hydrogens (tertiary/aromatic N) is 4. The van der Waals surface area contributed by atoms with E-state index in [1.165, 1.54) is 5.57 Å². The van der Waals surface area contributed by atoms with Crippen molar-refractivity contribution in [2.75, 3.05) is 33.3 Å². The van der Waals surface area contributed by atoms with E-state index < -0.39 is 0 Å². The third-order valence-electron chi connectivity index (χ3n) is 7.68. The van der Waals surface area contributed by atoms with Gasteiger partial charge in [-0.25, -0.2) is 4.99 Å². The van der Waals surface area contributed by atoms with E-state index in [9.17, 15) is 4.79 Å². The first-order valence-corrected chi connectivity index (χ1v) is 15.8. The molecule has 0 aromatic carbocycles. The van der Waals surface area contributed by atoms with Crippen LogP contribution in [0.5, 0.6) is 0 Å². The Balaban J connectivity index is 0.00000119. The van der Waals surface area contributed by atoms with E-state index >= 15 is 0 Å². The summed E-state index contributed by atoms with van der Waals surface area (Å²) < 4.78 is 5.61. The first-order chi connectivity index (χ1) is 20.0. The number of piperidine rings is 1. The van der Waals surface area contributed by atoms with Crippen molar-refractivity contribution in [2.45, 2.75) is 94.9 Å². The topological polar surface area (TPSA) is 57.5 Å². The zero-order chi connectivity index (χ0) is 32.4. The lowest BCUT2D eigenvalue weighted by molar-refractivity contribution is -0.132. The maximum atomic E-state index is 13.0. The van der Waals surface area contributed by atoms with Crippen LogP contribution in [0.25, 0.3) is 0 Å². The molecule has 43 heavy (non-hydrogen) atoms. The zero-order valence-corrected chi connectivity index (χ0v) is 29.0. The molecule has 0 aromatic rings. The lowest BCUT2D eigenvalue weighted by atomic mass is 9.81. The number of methoxy groups -OCH3 is 1. The van der Waals surface area contributed by atoms with Crippen LogP contribution < -0.4 is 0 Å². The minimum absolute atomic E-state index is 0.0560. The number of carbonyl (C=O) groups is 1. The van der Waals surface area contributed by atoms with Crippen LogP contribution >= 0.6 is 0 Å². The Labute approximate surface area is 262 Å². The molecule has 1 aliphatic carbocycles. The monoisotopic (exact) mass is 590 g/mol. The van der Waals surface area contributed by atoms with Crippen LogP contribution in [0.1, 0.15) is 94.9 Å². The molecule has 2 aliphatic heterocycles. The average Bonchev–Trinajstić information content (AvgIpc) is 2.88. The largest absolute Gasteiger partial charge is 0.501 e. The number of ether oxygens (including phenoxy) is 1. The smallest absolute Gasteiger partial charge is 0.242 e. The Morgan fingerprint density at radius 3 is 2.26 bits per heavy atom. The van der Waals surface area contributed by atoms with Gasteiger partial charge in [-0.2, -0.15) is 0 Å². The Morgan fingerprint density at radius 2 is 1.72 bits per heavy atom. The molecular formula is C37H58N4O2. The van der Waals surface area contributed by atoms with Crippen LogP contribution in [-0.2, 0) is 9.53 Å². The Morgan fingerprint density at radius 1 is 1.09 bits per heavy atom. The van der Waals surface area contributed by atoms with Gasteiger partial charge in [0.25, 0.3) is 0 Å². The molecule has 2 heterocycles. The van der Waals surface area contributed by atoms with Gasteiger partial charge in [-0.3, -0.25) is 9.79 Å². The van der Waals surface area contributed by atoms with Crippen molar-refractivity contribution in [3.05, 3.63) is 71.3 Å². The van der Waals surface area contributed by atoms with Crippen LogP contribution in [0, 0.1) is 16.7 Å². The van der Waals surface area contributed by atoms with E-state index in [0.717, 1.165) is 79.6 Å². The van der Waals surface area contributed by atoms with Crippen molar-refractivity contribution in [3.8, 4) is 0 Å². The van der Waals surface area contributed by atoms with Crippen molar-refractivity contribution >= 4 is 17.5 Å². The molecule has 0 aromatic heterocycles. The molecule has 0 bridgehead atoms. The van der Waals surface area contributed by atoms with Crippen LogP contribution in [0.4, 0.5) is 0 Å². The second kappa shape index (κ2) is 16.1. The Bertz CT molecular complexity index is 1200. The number of carbonyl (C=O) groups excluding carboxylic acids is 1. The molecule has 0 radical (unpaired) electrons. The highest BCUT2D eigenvalue weighted by atomic mass is 16.5. The number of hydrogen-bond donors (Lipinski definition) is 0. The molecule has 1 fully saturated rings. The van der Waals surface area contributed by atoms with Crippen molar-refractivity contribution in [3.63, 3.8) is 0 Å².